The van der Waals surface area contributed by atoms with E-state index in [-0.39, 0.29) is 16.5 Å². The number of hydrogen-bond donors (Lipinski definition) is 0. The van der Waals surface area contributed by atoms with E-state index in [4.69, 9.17) is 9.72 Å². The third-order valence-electron chi connectivity index (χ3n) is 5.85. The smallest absolute Gasteiger partial charge is 0.285 e. The number of sulfonamides is 1. The summed E-state index contributed by atoms with van der Waals surface area (Å²) < 4.78 is 36.2. The van der Waals surface area contributed by atoms with Gasteiger partial charge in [0.25, 0.3) is 15.6 Å². The number of methoxy groups -OCH3 is 1. The van der Waals surface area contributed by atoms with Crippen molar-refractivity contribution in [2.45, 2.75) is 30.3 Å². The second-order valence-electron chi connectivity index (χ2n) is 7.67. The zero-order valence-electron chi connectivity index (χ0n) is 17.1. The number of para-hydroxylation sites is 1. The lowest BCUT2D eigenvalue weighted by atomic mass is 10.1. The molecule has 8 nitrogen and oxygen atoms in total. The first-order chi connectivity index (χ1) is 15.0. The Kier molecular flexibility index (Phi) is 4.86. The van der Waals surface area contributed by atoms with E-state index in [1.54, 1.807) is 35.9 Å². The SMILES string of the molecule is COCCn1c(C2CCCN2C2=NS(=O)(=O)c3ccccc32)nc2ccccc2c1=O. The lowest BCUT2D eigenvalue weighted by molar-refractivity contribution is 0.183. The average molecular weight is 439 g/mol. The molecule has 0 radical (unpaired) electrons. The van der Waals surface area contributed by atoms with Crippen LogP contribution in [0.25, 0.3) is 10.9 Å². The number of likely N-dealkylation sites (tertiary alicyclic amines) is 1. The van der Waals surface area contributed by atoms with Gasteiger partial charge >= 0.3 is 0 Å². The van der Waals surface area contributed by atoms with Crippen LogP contribution in [0.5, 0.6) is 0 Å². The molecule has 0 aliphatic carbocycles. The molecule has 0 spiro atoms. The van der Waals surface area contributed by atoms with E-state index in [1.807, 2.05) is 29.2 Å². The molecule has 1 unspecified atom stereocenters. The first-order valence-corrected chi connectivity index (χ1v) is 11.6. The predicted molar refractivity (Wildman–Crippen MR) is 117 cm³/mol. The molecule has 0 saturated carbocycles. The van der Waals surface area contributed by atoms with E-state index in [0.717, 1.165) is 12.8 Å². The van der Waals surface area contributed by atoms with Gasteiger partial charge in [0.1, 0.15) is 10.7 Å². The number of aromatic nitrogens is 2. The fraction of sp³-hybridized carbons (Fsp3) is 0.318. The van der Waals surface area contributed by atoms with Crippen LogP contribution in [0.3, 0.4) is 0 Å². The van der Waals surface area contributed by atoms with Gasteiger partial charge in [-0.3, -0.25) is 9.36 Å². The Bertz CT molecular complexity index is 1360. The zero-order valence-corrected chi connectivity index (χ0v) is 17.9. The van der Waals surface area contributed by atoms with E-state index < -0.39 is 10.0 Å². The molecule has 1 aromatic heterocycles. The van der Waals surface area contributed by atoms with E-state index in [9.17, 15) is 13.2 Å². The van der Waals surface area contributed by atoms with Crippen LogP contribution < -0.4 is 5.56 Å². The van der Waals surface area contributed by atoms with Crippen LogP contribution in [-0.2, 0) is 21.3 Å². The standard InChI is InChI=1S/C22H22N4O4S/c1-30-14-13-26-21(23-17-9-4-2-7-15(17)22(26)27)18-10-6-12-25(18)20-16-8-3-5-11-19(16)31(28,29)24-20/h2-5,7-9,11,18H,6,10,12-14H2,1H3. The van der Waals surface area contributed by atoms with Crippen molar-refractivity contribution < 1.29 is 13.2 Å². The molecule has 160 valence electrons. The fourth-order valence-corrected chi connectivity index (χ4v) is 5.64. The van der Waals surface area contributed by atoms with Crippen LogP contribution in [0.1, 0.15) is 30.3 Å². The summed E-state index contributed by atoms with van der Waals surface area (Å²) in [5.41, 5.74) is 1.11. The topological polar surface area (TPSA) is 93.9 Å². The van der Waals surface area contributed by atoms with Crippen LogP contribution in [0.2, 0.25) is 0 Å². The Morgan fingerprint density at radius 3 is 2.74 bits per heavy atom. The minimum atomic E-state index is -3.73. The molecule has 2 aliphatic heterocycles. The average Bonchev–Trinajstić information content (AvgIpc) is 3.36. The first-order valence-electron chi connectivity index (χ1n) is 10.2. The summed E-state index contributed by atoms with van der Waals surface area (Å²) in [7, 11) is -2.13. The van der Waals surface area contributed by atoms with Gasteiger partial charge in [-0.15, -0.1) is 4.40 Å². The van der Waals surface area contributed by atoms with Gasteiger partial charge in [0, 0.05) is 19.2 Å². The number of benzene rings is 2. The first kappa shape index (κ1) is 19.9. The van der Waals surface area contributed by atoms with Gasteiger partial charge in [0.05, 0.1) is 30.1 Å². The predicted octanol–water partition coefficient (Wildman–Crippen LogP) is 2.33. The second-order valence-corrected chi connectivity index (χ2v) is 9.25. The summed E-state index contributed by atoms with van der Waals surface area (Å²) in [5, 5.41) is 0.554. The van der Waals surface area contributed by atoms with Gasteiger partial charge in [-0.05, 0) is 37.1 Å². The summed E-state index contributed by atoms with van der Waals surface area (Å²) in [6, 6.07) is 13.9. The molecule has 2 aliphatic rings. The van der Waals surface area contributed by atoms with Gasteiger partial charge in [-0.1, -0.05) is 24.3 Å². The number of nitrogens with zero attached hydrogens (tertiary/aromatic N) is 4. The van der Waals surface area contributed by atoms with E-state index in [1.165, 1.54) is 0 Å². The molecule has 1 fully saturated rings. The Hall–Kier alpha value is -3.04. The number of hydrogen-bond acceptors (Lipinski definition) is 6. The van der Waals surface area contributed by atoms with Crippen LogP contribution in [0, 0.1) is 0 Å². The lowest BCUT2D eigenvalue weighted by Gasteiger charge is -2.28. The second kappa shape index (κ2) is 7.58. The molecular formula is C22H22N4O4S. The minimum Gasteiger partial charge on any atom is -0.383 e. The normalized spacial score (nSPS) is 19.6. The van der Waals surface area contributed by atoms with Crippen LogP contribution >= 0.6 is 0 Å². The van der Waals surface area contributed by atoms with Crippen molar-refractivity contribution in [3.8, 4) is 0 Å². The largest absolute Gasteiger partial charge is 0.383 e. The number of ether oxygens (including phenoxy) is 1. The molecule has 9 heteroatoms. The Morgan fingerprint density at radius 2 is 1.90 bits per heavy atom. The van der Waals surface area contributed by atoms with Gasteiger partial charge in [0.15, 0.2) is 5.84 Å². The molecule has 5 rings (SSSR count). The van der Waals surface area contributed by atoms with E-state index in [2.05, 4.69) is 4.40 Å². The van der Waals surface area contributed by atoms with Crippen LogP contribution in [-0.4, -0.2) is 49.0 Å². The van der Waals surface area contributed by atoms with E-state index >= 15 is 0 Å². The highest BCUT2D eigenvalue weighted by Gasteiger charge is 2.38. The van der Waals surface area contributed by atoms with Gasteiger partial charge in [0.2, 0.25) is 0 Å². The maximum Gasteiger partial charge on any atom is 0.285 e. The highest BCUT2D eigenvalue weighted by molar-refractivity contribution is 7.90. The van der Waals surface area contributed by atoms with Crippen molar-refractivity contribution in [2.75, 3.05) is 20.3 Å². The van der Waals surface area contributed by atoms with Gasteiger partial charge in [-0.2, -0.15) is 8.42 Å². The van der Waals surface area contributed by atoms with Crippen molar-refractivity contribution in [1.29, 1.82) is 0 Å². The van der Waals surface area contributed by atoms with E-state index in [0.29, 0.717) is 47.8 Å². The van der Waals surface area contributed by atoms with Gasteiger partial charge in [-0.25, -0.2) is 4.98 Å². The molecule has 0 bridgehead atoms. The molecule has 3 aromatic rings. The minimum absolute atomic E-state index is 0.120. The maximum atomic E-state index is 13.3. The lowest BCUT2D eigenvalue weighted by Crippen LogP contribution is -2.36. The molecule has 0 amide bonds. The molecule has 0 N–H and O–H groups in total. The molecule has 2 aromatic carbocycles. The zero-order chi connectivity index (χ0) is 21.6. The molecule has 31 heavy (non-hydrogen) atoms. The van der Waals surface area contributed by atoms with Crippen molar-refractivity contribution in [3.63, 3.8) is 0 Å². The molecular weight excluding hydrogens is 416 g/mol. The fourth-order valence-electron chi connectivity index (χ4n) is 4.42. The quantitative estimate of drug-likeness (QED) is 0.621. The van der Waals surface area contributed by atoms with Crippen molar-refractivity contribution in [2.24, 2.45) is 4.40 Å². The van der Waals surface area contributed by atoms with Gasteiger partial charge < -0.3 is 9.64 Å². The molecule has 1 atom stereocenters. The van der Waals surface area contributed by atoms with Crippen molar-refractivity contribution >= 4 is 26.8 Å². The number of amidine groups is 1. The highest BCUT2D eigenvalue weighted by Crippen LogP contribution is 2.37. The van der Waals surface area contributed by atoms with Crippen molar-refractivity contribution in [3.05, 3.63) is 70.3 Å². The van der Waals surface area contributed by atoms with Crippen LogP contribution in [0.4, 0.5) is 0 Å². The van der Waals surface area contributed by atoms with Crippen molar-refractivity contribution in [1.82, 2.24) is 14.5 Å². The Balaban J connectivity index is 1.66. The number of rotatable bonds is 4. The summed E-state index contributed by atoms with van der Waals surface area (Å²) in [5.74, 6) is 1.04. The number of fused-ring (bicyclic) bond motifs is 2. The molecule has 1 saturated heterocycles. The summed E-state index contributed by atoms with van der Waals surface area (Å²) in [6.45, 7) is 1.38. The third-order valence-corrected chi connectivity index (χ3v) is 7.17. The Labute approximate surface area is 179 Å². The third kappa shape index (κ3) is 3.24. The van der Waals surface area contributed by atoms with Crippen LogP contribution in [0.15, 0.2) is 62.6 Å². The summed E-state index contributed by atoms with van der Waals surface area (Å²) in [4.78, 5) is 20.3. The maximum absolute atomic E-state index is 13.3. The highest BCUT2D eigenvalue weighted by atomic mass is 32.2. The Morgan fingerprint density at radius 1 is 1.13 bits per heavy atom. The summed E-state index contributed by atoms with van der Waals surface area (Å²) >= 11 is 0. The monoisotopic (exact) mass is 438 g/mol. The summed E-state index contributed by atoms with van der Waals surface area (Å²) in [6.07, 6.45) is 1.60. The molecule has 3 heterocycles.